The van der Waals surface area contributed by atoms with Crippen LogP contribution < -0.4 is 10.6 Å². The summed E-state index contributed by atoms with van der Waals surface area (Å²) in [6.07, 6.45) is -0.861. The Kier molecular flexibility index (Phi) is 4.12. The average Bonchev–Trinajstić information content (AvgIpc) is 2.84. The van der Waals surface area contributed by atoms with Crippen molar-refractivity contribution in [2.24, 2.45) is 5.73 Å². The van der Waals surface area contributed by atoms with Crippen molar-refractivity contribution in [3.05, 3.63) is 24.2 Å². The maximum atomic E-state index is 12.7. The Labute approximate surface area is 114 Å². The molecule has 20 heavy (non-hydrogen) atoms. The van der Waals surface area contributed by atoms with E-state index in [-0.39, 0.29) is 0 Å². The first-order chi connectivity index (χ1) is 9.47. The van der Waals surface area contributed by atoms with Crippen LogP contribution in [-0.2, 0) is 6.18 Å². The van der Waals surface area contributed by atoms with Gasteiger partial charge >= 0.3 is 6.18 Å². The van der Waals surface area contributed by atoms with Crippen molar-refractivity contribution < 1.29 is 13.2 Å². The largest absolute Gasteiger partial charge is 0.435 e. The monoisotopic (exact) mass is 287 g/mol. The first kappa shape index (κ1) is 14.6. The van der Waals surface area contributed by atoms with Crippen LogP contribution in [0.5, 0.6) is 0 Å². The summed E-state index contributed by atoms with van der Waals surface area (Å²) in [5.74, 6) is 0.492. The molecule has 0 aliphatic heterocycles. The van der Waals surface area contributed by atoms with E-state index in [1.807, 2.05) is 11.8 Å². The zero-order valence-electron chi connectivity index (χ0n) is 11.1. The second-order valence-corrected chi connectivity index (χ2v) is 4.33. The van der Waals surface area contributed by atoms with E-state index in [1.165, 1.54) is 16.9 Å². The van der Waals surface area contributed by atoms with Gasteiger partial charge in [0.2, 0.25) is 0 Å². The molecule has 0 fully saturated rings. The van der Waals surface area contributed by atoms with Crippen LogP contribution in [0.25, 0.3) is 5.52 Å². The fourth-order valence-corrected chi connectivity index (χ4v) is 1.99. The number of fused-ring (bicyclic) bond motifs is 1. The zero-order chi connectivity index (χ0) is 14.8. The van der Waals surface area contributed by atoms with E-state index in [9.17, 15) is 13.2 Å². The SMILES string of the molecule is CCN(CCCN)c1nccn2nc(C(F)(F)F)cc12. The van der Waals surface area contributed by atoms with Gasteiger partial charge in [-0.3, -0.25) is 0 Å². The van der Waals surface area contributed by atoms with Crippen molar-refractivity contribution in [1.29, 1.82) is 0 Å². The summed E-state index contributed by atoms with van der Waals surface area (Å²) in [5.41, 5.74) is 4.90. The molecule has 0 saturated carbocycles. The Balaban J connectivity index is 2.45. The molecule has 0 radical (unpaired) electrons. The lowest BCUT2D eigenvalue weighted by atomic mass is 10.3. The van der Waals surface area contributed by atoms with Gasteiger partial charge in [-0.25, -0.2) is 9.50 Å². The Bertz CT molecular complexity index is 578. The van der Waals surface area contributed by atoms with Crippen LogP contribution >= 0.6 is 0 Å². The van der Waals surface area contributed by atoms with Gasteiger partial charge in [0.1, 0.15) is 5.52 Å². The van der Waals surface area contributed by atoms with Gasteiger partial charge in [0, 0.05) is 31.5 Å². The number of hydrogen-bond acceptors (Lipinski definition) is 4. The van der Waals surface area contributed by atoms with Crippen molar-refractivity contribution in [1.82, 2.24) is 14.6 Å². The molecule has 0 atom stereocenters. The van der Waals surface area contributed by atoms with Crippen LogP contribution in [0, 0.1) is 0 Å². The number of aromatic nitrogens is 3. The maximum Gasteiger partial charge on any atom is 0.435 e. The Hall–Kier alpha value is -1.83. The number of alkyl halides is 3. The normalized spacial score (nSPS) is 12.1. The Morgan fingerprint density at radius 1 is 1.40 bits per heavy atom. The summed E-state index contributed by atoms with van der Waals surface area (Å²) in [5, 5.41) is 3.54. The molecule has 2 N–H and O–H groups in total. The first-order valence-electron chi connectivity index (χ1n) is 6.34. The summed E-state index contributed by atoms with van der Waals surface area (Å²) in [6.45, 7) is 3.72. The van der Waals surface area contributed by atoms with Gasteiger partial charge in [0.05, 0.1) is 0 Å². The second kappa shape index (κ2) is 5.66. The molecule has 2 aromatic rings. The van der Waals surface area contributed by atoms with Crippen molar-refractivity contribution in [2.75, 3.05) is 24.5 Å². The molecular formula is C12H16F3N5. The second-order valence-electron chi connectivity index (χ2n) is 4.33. The lowest BCUT2D eigenvalue weighted by molar-refractivity contribution is -0.141. The third-order valence-corrected chi connectivity index (χ3v) is 2.97. The number of rotatable bonds is 5. The average molecular weight is 287 g/mol. The maximum absolute atomic E-state index is 12.7. The minimum absolute atomic E-state index is 0.346. The van der Waals surface area contributed by atoms with Gasteiger partial charge in [-0.2, -0.15) is 18.3 Å². The summed E-state index contributed by atoms with van der Waals surface area (Å²) in [6, 6.07) is 1.02. The molecule has 2 rings (SSSR count). The molecular weight excluding hydrogens is 271 g/mol. The van der Waals surface area contributed by atoms with Crippen LogP contribution in [0.4, 0.5) is 19.0 Å². The smallest absolute Gasteiger partial charge is 0.355 e. The first-order valence-corrected chi connectivity index (χ1v) is 6.34. The predicted molar refractivity (Wildman–Crippen MR) is 69.5 cm³/mol. The minimum atomic E-state index is -4.46. The molecule has 0 unspecified atom stereocenters. The van der Waals surface area contributed by atoms with Gasteiger partial charge in [-0.15, -0.1) is 0 Å². The van der Waals surface area contributed by atoms with Gasteiger partial charge in [-0.05, 0) is 19.9 Å². The number of halogens is 3. The number of nitrogens with two attached hydrogens (primary N) is 1. The third kappa shape index (κ3) is 2.84. The molecule has 0 amide bonds. The number of anilines is 1. The van der Waals surface area contributed by atoms with Gasteiger partial charge < -0.3 is 10.6 Å². The van der Waals surface area contributed by atoms with E-state index < -0.39 is 11.9 Å². The molecule has 0 aromatic carbocycles. The number of nitrogens with zero attached hydrogens (tertiary/aromatic N) is 4. The summed E-state index contributed by atoms with van der Waals surface area (Å²) in [4.78, 5) is 6.08. The molecule has 8 heteroatoms. The van der Waals surface area contributed by atoms with Crippen molar-refractivity contribution in [3.8, 4) is 0 Å². The van der Waals surface area contributed by atoms with Crippen LogP contribution in [0.2, 0.25) is 0 Å². The number of hydrogen-bond donors (Lipinski definition) is 1. The lowest BCUT2D eigenvalue weighted by Gasteiger charge is -2.22. The highest BCUT2D eigenvalue weighted by Crippen LogP contribution is 2.30. The van der Waals surface area contributed by atoms with E-state index in [4.69, 9.17) is 5.73 Å². The standard InChI is InChI=1S/C12H16F3N5/c1-2-19(6-3-4-16)11-9-8-10(12(13,14)15)18-20(9)7-5-17-11/h5,7-8H,2-4,6,16H2,1H3. The Morgan fingerprint density at radius 2 is 2.15 bits per heavy atom. The van der Waals surface area contributed by atoms with Gasteiger partial charge in [0.15, 0.2) is 11.5 Å². The summed E-state index contributed by atoms with van der Waals surface area (Å²) >= 11 is 0. The van der Waals surface area contributed by atoms with Crippen molar-refractivity contribution in [3.63, 3.8) is 0 Å². The van der Waals surface area contributed by atoms with Crippen LogP contribution in [0.1, 0.15) is 19.0 Å². The van der Waals surface area contributed by atoms with E-state index in [0.29, 0.717) is 31.0 Å². The molecule has 0 aliphatic carbocycles. The summed E-state index contributed by atoms with van der Waals surface area (Å²) < 4.78 is 39.4. The topological polar surface area (TPSA) is 59.5 Å². The lowest BCUT2D eigenvalue weighted by Crippen LogP contribution is -2.27. The molecule has 110 valence electrons. The fraction of sp³-hybridized carbons (Fsp3) is 0.500. The van der Waals surface area contributed by atoms with E-state index >= 15 is 0 Å². The van der Waals surface area contributed by atoms with Crippen LogP contribution in [0.3, 0.4) is 0 Å². The molecule has 2 aromatic heterocycles. The molecule has 2 heterocycles. The minimum Gasteiger partial charge on any atom is -0.355 e. The zero-order valence-corrected chi connectivity index (χ0v) is 11.1. The summed E-state index contributed by atoms with van der Waals surface area (Å²) in [7, 11) is 0. The molecule has 5 nitrogen and oxygen atoms in total. The molecule has 0 spiro atoms. The van der Waals surface area contributed by atoms with E-state index in [2.05, 4.69) is 10.1 Å². The third-order valence-electron chi connectivity index (χ3n) is 2.97. The van der Waals surface area contributed by atoms with Gasteiger partial charge in [0.25, 0.3) is 0 Å². The van der Waals surface area contributed by atoms with E-state index in [1.54, 1.807) is 0 Å². The highest BCUT2D eigenvalue weighted by Gasteiger charge is 2.34. The predicted octanol–water partition coefficient (Wildman–Crippen LogP) is 1.92. The van der Waals surface area contributed by atoms with E-state index in [0.717, 1.165) is 12.5 Å². The Morgan fingerprint density at radius 3 is 2.75 bits per heavy atom. The molecule has 0 bridgehead atoms. The molecule has 0 aliphatic rings. The van der Waals surface area contributed by atoms with Crippen LogP contribution in [-0.4, -0.2) is 34.2 Å². The molecule has 0 saturated heterocycles. The van der Waals surface area contributed by atoms with Crippen LogP contribution in [0.15, 0.2) is 18.5 Å². The highest BCUT2D eigenvalue weighted by atomic mass is 19.4. The van der Waals surface area contributed by atoms with Crippen molar-refractivity contribution in [2.45, 2.75) is 19.5 Å². The van der Waals surface area contributed by atoms with Gasteiger partial charge in [-0.1, -0.05) is 0 Å². The quantitative estimate of drug-likeness (QED) is 0.912. The fourth-order valence-electron chi connectivity index (χ4n) is 1.99. The highest BCUT2D eigenvalue weighted by molar-refractivity contribution is 5.69. The van der Waals surface area contributed by atoms with Crippen molar-refractivity contribution >= 4 is 11.3 Å².